The molecule has 2 aliphatic rings. The number of nitrogens with zero attached hydrogens (tertiary/aromatic N) is 1. The van der Waals surface area contributed by atoms with E-state index in [2.05, 4.69) is 4.72 Å². The summed E-state index contributed by atoms with van der Waals surface area (Å²) in [5, 5.41) is 0. The maximum absolute atomic E-state index is 13.2. The summed E-state index contributed by atoms with van der Waals surface area (Å²) in [5.74, 6) is -0.133. The third-order valence-electron chi connectivity index (χ3n) is 7.27. The Kier molecular flexibility index (Phi) is 7.07. The Morgan fingerprint density at radius 1 is 1.00 bits per heavy atom. The van der Waals surface area contributed by atoms with E-state index < -0.39 is 21.5 Å². The third-order valence-corrected chi connectivity index (χ3v) is 8.63. The minimum Gasteiger partial charge on any atom is -0.497 e. The van der Waals surface area contributed by atoms with Crippen molar-refractivity contribution in [3.05, 3.63) is 53.6 Å². The number of carbonyl (C=O) groups excluding carboxylic acids is 2. The van der Waals surface area contributed by atoms with Gasteiger partial charge >= 0.3 is 0 Å². The molecule has 9 heteroatoms. The van der Waals surface area contributed by atoms with Crippen LogP contribution in [0.1, 0.15) is 67.3 Å². The highest BCUT2D eigenvalue weighted by molar-refractivity contribution is 7.90. The van der Waals surface area contributed by atoms with Gasteiger partial charge in [-0.1, -0.05) is 31.4 Å². The Labute approximate surface area is 206 Å². The van der Waals surface area contributed by atoms with Gasteiger partial charge in [0.2, 0.25) is 0 Å². The van der Waals surface area contributed by atoms with Crippen LogP contribution >= 0.6 is 0 Å². The van der Waals surface area contributed by atoms with Gasteiger partial charge in [-0.3, -0.25) is 9.59 Å². The highest BCUT2D eigenvalue weighted by Gasteiger charge is 2.50. The van der Waals surface area contributed by atoms with Crippen molar-refractivity contribution in [1.82, 2.24) is 9.62 Å². The van der Waals surface area contributed by atoms with Crippen molar-refractivity contribution in [2.45, 2.75) is 61.8 Å². The van der Waals surface area contributed by atoms with Crippen LogP contribution in [0.5, 0.6) is 11.5 Å². The lowest BCUT2D eigenvalue weighted by molar-refractivity contribution is -0.135. The molecule has 0 spiro atoms. The van der Waals surface area contributed by atoms with Crippen molar-refractivity contribution in [3.8, 4) is 11.5 Å². The highest BCUT2D eigenvalue weighted by Crippen LogP contribution is 2.35. The Hall–Kier alpha value is -3.07. The fourth-order valence-electron chi connectivity index (χ4n) is 4.89. The Morgan fingerprint density at radius 3 is 2.26 bits per heavy atom. The number of methoxy groups -OCH3 is 2. The summed E-state index contributed by atoms with van der Waals surface area (Å²) in [6, 6.07) is 11.9. The highest BCUT2D eigenvalue weighted by atomic mass is 32.2. The van der Waals surface area contributed by atoms with E-state index in [1.54, 1.807) is 25.1 Å². The minimum atomic E-state index is -4.27. The van der Waals surface area contributed by atoms with Crippen LogP contribution < -0.4 is 14.2 Å². The molecule has 0 bridgehead atoms. The molecule has 1 heterocycles. The van der Waals surface area contributed by atoms with Gasteiger partial charge in [0.05, 0.1) is 14.2 Å². The Morgan fingerprint density at radius 2 is 1.69 bits per heavy atom. The van der Waals surface area contributed by atoms with Gasteiger partial charge in [-0.15, -0.1) is 0 Å². The SMILES string of the molecule is COc1ccc(OC)c(S(=O)(=O)NC(=O)C2(C)CCN2C(=O)c2ccc(C3CCCCC3)cc2)c1. The zero-order valence-corrected chi connectivity index (χ0v) is 21.2. The van der Waals surface area contributed by atoms with E-state index in [0.29, 0.717) is 30.2 Å². The normalized spacial score (nSPS) is 20.6. The van der Waals surface area contributed by atoms with Crippen LogP contribution in [-0.4, -0.2) is 51.4 Å². The summed E-state index contributed by atoms with van der Waals surface area (Å²) in [6.45, 7) is 1.95. The fourth-order valence-corrected chi connectivity index (χ4v) is 6.15. The van der Waals surface area contributed by atoms with Crippen molar-refractivity contribution in [1.29, 1.82) is 0 Å². The zero-order valence-electron chi connectivity index (χ0n) is 20.4. The van der Waals surface area contributed by atoms with Crippen LogP contribution in [-0.2, 0) is 14.8 Å². The molecule has 188 valence electrons. The van der Waals surface area contributed by atoms with Crippen molar-refractivity contribution in [2.75, 3.05) is 20.8 Å². The van der Waals surface area contributed by atoms with E-state index in [1.807, 2.05) is 12.1 Å². The van der Waals surface area contributed by atoms with Crippen LogP contribution in [0, 0.1) is 0 Å². The average molecular weight is 501 g/mol. The molecule has 1 atom stereocenters. The molecule has 1 saturated heterocycles. The molecule has 8 nitrogen and oxygen atoms in total. The summed E-state index contributed by atoms with van der Waals surface area (Å²) < 4.78 is 38.5. The second-order valence-corrected chi connectivity index (χ2v) is 11.0. The van der Waals surface area contributed by atoms with Gasteiger partial charge in [-0.25, -0.2) is 13.1 Å². The summed E-state index contributed by atoms with van der Waals surface area (Å²) >= 11 is 0. The second-order valence-electron chi connectivity index (χ2n) is 9.39. The molecule has 1 aliphatic heterocycles. The molecule has 0 radical (unpaired) electrons. The average Bonchev–Trinajstić information content (AvgIpc) is 2.87. The van der Waals surface area contributed by atoms with Gasteiger partial charge in [0.1, 0.15) is 21.9 Å². The largest absolute Gasteiger partial charge is 0.497 e. The van der Waals surface area contributed by atoms with Crippen molar-refractivity contribution in [2.24, 2.45) is 0 Å². The van der Waals surface area contributed by atoms with E-state index in [1.165, 1.54) is 68.9 Å². The molecule has 1 saturated carbocycles. The number of carbonyl (C=O) groups is 2. The monoisotopic (exact) mass is 500 g/mol. The van der Waals surface area contributed by atoms with Gasteiger partial charge in [0.25, 0.3) is 21.8 Å². The minimum absolute atomic E-state index is 0.0795. The topological polar surface area (TPSA) is 102 Å². The maximum atomic E-state index is 13.2. The summed E-state index contributed by atoms with van der Waals surface area (Å²) in [5.41, 5.74) is 0.447. The lowest BCUT2D eigenvalue weighted by Crippen LogP contribution is -2.67. The number of hydrogen-bond donors (Lipinski definition) is 1. The fraction of sp³-hybridized carbons (Fsp3) is 0.462. The van der Waals surface area contributed by atoms with Crippen molar-refractivity contribution >= 4 is 21.8 Å². The molecule has 0 aromatic heterocycles. The molecule has 35 heavy (non-hydrogen) atoms. The zero-order chi connectivity index (χ0) is 25.2. The lowest BCUT2D eigenvalue weighted by atomic mass is 9.83. The van der Waals surface area contributed by atoms with Crippen LogP contribution in [0.2, 0.25) is 0 Å². The van der Waals surface area contributed by atoms with Crippen molar-refractivity contribution < 1.29 is 27.5 Å². The smallest absolute Gasteiger partial charge is 0.267 e. The first-order chi connectivity index (χ1) is 16.7. The predicted octanol–water partition coefficient (Wildman–Crippen LogP) is 3.86. The first-order valence-corrected chi connectivity index (χ1v) is 13.4. The van der Waals surface area contributed by atoms with Gasteiger partial charge in [-0.05, 0) is 61.9 Å². The predicted molar refractivity (Wildman–Crippen MR) is 131 cm³/mol. The number of amides is 2. The lowest BCUT2D eigenvalue weighted by Gasteiger charge is -2.48. The standard InChI is InChI=1S/C26H32N2O6S/c1-26(25(30)27-35(31,32)23-17-21(33-2)13-14-22(23)34-3)15-16-28(26)24(29)20-11-9-19(10-12-20)18-7-5-4-6-8-18/h9-14,17-18H,4-8,15-16H2,1-3H3,(H,27,30). The summed E-state index contributed by atoms with van der Waals surface area (Å²) in [4.78, 5) is 27.6. The van der Waals surface area contributed by atoms with Crippen LogP contribution in [0.25, 0.3) is 0 Å². The van der Waals surface area contributed by atoms with Crippen LogP contribution in [0.3, 0.4) is 0 Å². The molecule has 1 aliphatic carbocycles. The van der Waals surface area contributed by atoms with Crippen molar-refractivity contribution in [3.63, 3.8) is 0 Å². The number of rotatable bonds is 7. The summed E-state index contributed by atoms with van der Waals surface area (Å²) in [7, 11) is -1.51. The number of ether oxygens (including phenoxy) is 2. The van der Waals surface area contributed by atoms with Gasteiger partial charge in [-0.2, -0.15) is 0 Å². The maximum Gasteiger partial charge on any atom is 0.267 e. The quantitative estimate of drug-likeness (QED) is 0.619. The van der Waals surface area contributed by atoms with E-state index in [0.717, 1.165) is 0 Å². The molecule has 2 aromatic rings. The van der Waals surface area contributed by atoms with Crippen LogP contribution in [0.4, 0.5) is 0 Å². The molecule has 2 fully saturated rings. The third kappa shape index (κ3) is 4.87. The number of benzene rings is 2. The Balaban J connectivity index is 1.49. The number of nitrogens with one attached hydrogen (secondary N) is 1. The molecule has 1 unspecified atom stereocenters. The number of likely N-dealkylation sites (tertiary alicyclic amines) is 1. The number of hydrogen-bond acceptors (Lipinski definition) is 6. The Bertz CT molecular complexity index is 1200. The molecule has 2 amide bonds. The van der Waals surface area contributed by atoms with Crippen LogP contribution in [0.15, 0.2) is 47.4 Å². The number of sulfonamides is 1. The summed E-state index contributed by atoms with van der Waals surface area (Å²) in [6.07, 6.45) is 6.45. The van der Waals surface area contributed by atoms with E-state index in [4.69, 9.17) is 9.47 Å². The molecular formula is C26H32N2O6S. The molecule has 2 aromatic carbocycles. The second kappa shape index (κ2) is 9.89. The first-order valence-electron chi connectivity index (χ1n) is 11.9. The van der Waals surface area contributed by atoms with E-state index >= 15 is 0 Å². The van der Waals surface area contributed by atoms with E-state index in [-0.39, 0.29) is 16.6 Å². The molecule has 4 rings (SSSR count). The van der Waals surface area contributed by atoms with Gasteiger partial charge in [0.15, 0.2) is 0 Å². The van der Waals surface area contributed by atoms with E-state index in [9.17, 15) is 18.0 Å². The molecular weight excluding hydrogens is 468 g/mol. The molecule has 1 N–H and O–H groups in total. The van der Waals surface area contributed by atoms with Gasteiger partial charge < -0.3 is 14.4 Å². The van der Waals surface area contributed by atoms with Gasteiger partial charge in [0, 0.05) is 18.2 Å². The first kappa shape index (κ1) is 25.0.